The Morgan fingerprint density at radius 2 is 1.78 bits per heavy atom. The van der Waals surface area contributed by atoms with E-state index in [2.05, 4.69) is 18.7 Å². The standard InChI is InChI=1S/C15H27NO2/c1-11-3-6-13(7-4-11)9-16-10-14(15(17)18)8-5-12(16)2/h11-14H,3-10H2,1-2H3,(H,17,18). The van der Waals surface area contributed by atoms with E-state index in [-0.39, 0.29) is 5.92 Å². The molecule has 3 nitrogen and oxygen atoms in total. The molecule has 2 unspecified atom stereocenters. The lowest BCUT2D eigenvalue weighted by atomic mass is 9.82. The van der Waals surface area contributed by atoms with Crippen LogP contribution >= 0.6 is 0 Å². The molecule has 1 aliphatic carbocycles. The van der Waals surface area contributed by atoms with Gasteiger partial charge in [0.05, 0.1) is 5.92 Å². The fraction of sp³-hybridized carbons (Fsp3) is 0.933. The third-order valence-electron chi connectivity index (χ3n) is 4.99. The van der Waals surface area contributed by atoms with Crippen LogP contribution in [0, 0.1) is 17.8 Å². The van der Waals surface area contributed by atoms with E-state index >= 15 is 0 Å². The molecule has 0 aromatic heterocycles. The zero-order valence-corrected chi connectivity index (χ0v) is 11.8. The van der Waals surface area contributed by atoms with Crippen LogP contribution in [-0.2, 0) is 4.79 Å². The second kappa shape index (κ2) is 6.05. The average Bonchev–Trinajstić information content (AvgIpc) is 2.34. The van der Waals surface area contributed by atoms with Crippen LogP contribution in [0.4, 0.5) is 0 Å². The molecule has 2 rings (SSSR count). The van der Waals surface area contributed by atoms with Crippen molar-refractivity contribution in [2.24, 2.45) is 17.8 Å². The number of carboxylic acid groups (broad SMARTS) is 1. The largest absolute Gasteiger partial charge is 0.481 e. The third kappa shape index (κ3) is 3.47. The first-order valence-electron chi connectivity index (χ1n) is 7.53. The van der Waals surface area contributed by atoms with Gasteiger partial charge in [-0.05, 0) is 44.4 Å². The van der Waals surface area contributed by atoms with E-state index in [4.69, 9.17) is 5.11 Å². The van der Waals surface area contributed by atoms with Crippen molar-refractivity contribution < 1.29 is 9.90 Å². The molecule has 0 radical (unpaired) electrons. The number of carbonyl (C=O) groups is 1. The second-order valence-electron chi connectivity index (χ2n) is 6.54. The number of hydrogen-bond donors (Lipinski definition) is 1. The van der Waals surface area contributed by atoms with Crippen molar-refractivity contribution >= 4 is 5.97 Å². The Kier molecular flexibility index (Phi) is 4.66. The molecular weight excluding hydrogens is 226 g/mol. The second-order valence-corrected chi connectivity index (χ2v) is 6.54. The average molecular weight is 253 g/mol. The van der Waals surface area contributed by atoms with Crippen LogP contribution < -0.4 is 0 Å². The fourth-order valence-electron chi connectivity index (χ4n) is 3.48. The minimum absolute atomic E-state index is 0.135. The van der Waals surface area contributed by atoms with E-state index in [1.807, 2.05) is 0 Å². The minimum atomic E-state index is -0.607. The van der Waals surface area contributed by atoms with Crippen LogP contribution in [0.1, 0.15) is 52.4 Å². The normalized spacial score (nSPS) is 38.6. The highest BCUT2D eigenvalue weighted by atomic mass is 16.4. The van der Waals surface area contributed by atoms with Gasteiger partial charge in [-0.25, -0.2) is 0 Å². The molecule has 1 N–H and O–H groups in total. The fourth-order valence-corrected chi connectivity index (χ4v) is 3.48. The molecule has 0 amide bonds. The Bertz CT molecular complexity index is 284. The molecule has 1 heterocycles. The van der Waals surface area contributed by atoms with E-state index in [0.717, 1.165) is 37.8 Å². The monoisotopic (exact) mass is 253 g/mol. The minimum Gasteiger partial charge on any atom is -0.481 e. The van der Waals surface area contributed by atoms with Crippen molar-refractivity contribution in [3.05, 3.63) is 0 Å². The summed E-state index contributed by atoms with van der Waals surface area (Å²) in [6.07, 6.45) is 7.28. The predicted molar refractivity (Wildman–Crippen MR) is 72.5 cm³/mol. The summed E-state index contributed by atoms with van der Waals surface area (Å²) in [6.45, 7) is 6.49. The van der Waals surface area contributed by atoms with Crippen molar-refractivity contribution in [1.29, 1.82) is 0 Å². The molecular formula is C15H27NO2. The van der Waals surface area contributed by atoms with E-state index in [1.54, 1.807) is 0 Å². The van der Waals surface area contributed by atoms with Gasteiger partial charge in [-0.3, -0.25) is 9.69 Å². The quantitative estimate of drug-likeness (QED) is 0.840. The van der Waals surface area contributed by atoms with Crippen LogP contribution in [0.3, 0.4) is 0 Å². The van der Waals surface area contributed by atoms with Gasteiger partial charge in [-0.1, -0.05) is 19.8 Å². The van der Waals surface area contributed by atoms with Crippen LogP contribution in [0.25, 0.3) is 0 Å². The Balaban J connectivity index is 1.84. The van der Waals surface area contributed by atoms with Gasteiger partial charge in [0.1, 0.15) is 0 Å². The predicted octanol–water partition coefficient (Wildman–Crippen LogP) is 3.00. The summed E-state index contributed by atoms with van der Waals surface area (Å²) in [7, 11) is 0. The van der Waals surface area contributed by atoms with Gasteiger partial charge in [0.15, 0.2) is 0 Å². The van der Waals surface area contributed by atoms with Crippen LogP contribution in [0.5, 0.6) is 0 Å². The molecule has 2 aliphatic rings. The topological polar surface area (TPSA) is 40.5 Å². The lowest BCUT2D eigenvalue weighted by Gasteiger charge is -2.39. The Morgan fingerprint density at radius 3 is 2.39 bits per heavy atom. The molecule has 0 aromatic carbocycles. The van der Waals surface area contributed by atoms with Gasteiger partial charge in [0, 0.05) is 19.1 Å². The number of piperidine rings is 1. The van der Waals surface area contributed by atoms with Crippen molar-refractivity contribution in [1.82, 2.24) is 4.90 Å². The number of hydrogen-bond acceptors (Lipinski definition) is 2. The van der Waals surface area contributed by atoms with Crippen LogP contribution in [-0.4, -0.2) is 35.1 Å². The highest BCUT2D eigenvalue weighted by Gasteiger charge is 2.31. The van der Waals surface area contributed by atoms with E-state index < -0.39 is 5.97 Å². The first-order valence-corrected chi connectivity index (χ1v) is 7.53. The number of rotatable bonds is 3. The number of nitrogens with zero attached hydrogens (tertiary/aromatic N) is 1. The van der Waals surface area contributed by atoms with E-state index in [1.165, 1.54) is 25.7 Å². The zero-order chi connectivity index (χ0) is 13.1. The summed E-state index contributed by atoms with van der Waals surface area (Å²) in [5.74, 6) is 0.955. The molecule has 1 saturated carbocycles. The van der Waals surface area contributed by atoms with Gasteiger partial charge in [-0.2, -0.15) is 0 Å². The Morgan fingerprint density at radius 1 is 1.11 bits per heavy atom. The summed E-state index contributed by atoms with van der Waals surface area (Å²) in [6, 6.07) is 0.569. The first-order chi connectivity index (χ1) is 8.56. The summed E-state index contributed by atoms with van der Waals surface area (Å²) in [5.41, 5.74) is 0. The molecule has 0 bridgehead atoms. The van der Waals surface area contributed by atoms with Gasteiger partial charge in [0.2, 0.25) is 0 Å². The maximum atomic E-state index is 11.1. The maximum Gasteiger partial charge on any atom is 0.307 e. The first kappa shape index (κ1) is 13.9. The van der Waals surface area contributed by atoms with Gasteiger partial charge in [-0.15, -0.1) is 0 Å². The number of likely N-dealkylation sites (tertiary alicyclic amines) is 1. The summed E-state index contributed by atoms with van der Waals surface area (Å²) in [4.78, 5) is 13.5. The highest BCUT2D eigenvalue weighted by molar-refractivity contribution is 5.70. The smallest absolute Gasteiger partial charge is 0.307 e. The molecule has 104 valence electrons. The third-order valence-corrected chi connectivity index (χ3v) is 4.99. The molecule has 0 aromatic rings. The van der Waals surface area contributed by atoms with Gasteiger partial charge in [0.25, 0.3) is 0 Å². The molecule has 2 fully saturated rings. The molecule has 1 aliphatic heterocycles. The van der Waals surface area contributed by atoms with Gasteiger partial charge < -0.3 is 5.11 Å². The van der Waals surface area contributed by atoms with Crippen molar-refractivity contribution in [3.8, 4) is 0 Å². The van der Waals surface area contributed by atoms with E-state index in [9.17, 15) is 4.79 Å². The number of carboxylic acids is 1. The van der Waals surface area contributed by atoms with Crippen molar-refractivity contribution in [3.63, 3.8) is 0 Å². The molecule has 2 atom stereocenters. The number of aliphatic carboxylic acids is 1. The molecule has 3 heteroatoms. The van der Waals surface area contributed by atoms with Crippen molar-refractivity contribution in [2.75, 3.05) is 13.1 Å². The van der Waals surface area contributed by atoms with E-state index in [0.29, 0.717) is 6.04 Å². The van der Waals surface area contributed by atoms with Crippen LogP contribution in [0.2, 0.25) is 0 Å². The van der Waals surface area contributed by atoms with Crippen molar-refractivity contribution in [2.45, 2.75) is 58.4 Å². The molecule has 1 saturated heterocycles. The summed E-state index contributed by atoms with van der Waals surface area (Å²) in [5, 5.41) is 9.16. The SMILES string of the molecule is CC1CCC(CN2CC(C(=O)O)CCC2C)CC1. The van der Waals surface area contributed by atoms with Gasteiger partial charge >= 0.3 is 5.97 Å². The summed E-state index contributed by atoms with van der Waals surface area (Å²) < 4.78 is 0. The maximum absolute atomic E-state index is 11.1. The molecule has 18 heavy (non-hydrogen) atoms. The zero-order valence-electron chi connectivity index (χ0n) is 11.8. The molecule has 0 spiro atoms. The van der Waals surface area contributed by atoms with Crippen LogP contribution in [0.15, 0.2) is 0 Å². The Hall–Kier alpha value is -0.570. The Labute approximate surface area is 111 Å². The lowest BCUT2D eigenvalue weighted by Crippen LogP contribution is -2.46. The lowest BCUT2D eigenvalue weighted by molar-refractivity contribution is -0.144. The summed E-state index contributed by atoms with van der Waals surface area (Å²) >= 11 is 0. The highest BCUT2D eigenvalue weighted by Crippen LogP contribution is 2.31.